The summed E-state index contributed by atoms with van der Waals surface area (Å²) in [6.45, 7) is 2.09. The fraction of sp³-hybridized carbons (Fsp3) is 0.619. The molecule has 2 aliphatic carbocycles. The minimum absolute atomic E-state index is 0.0235. The molecule has 2 bridgehead atoms. The lowest BCUT2D eigenvalue weighted by Crippen LogP contribution is -2.55. The number of aliphatic hydroxyl groups excluding tert-OH is 1. The zero-order valence-corrected chi connectivity index (χ0v) is 16.1. The summed E-state index contributed by atoms with van der Waals surface area (Å²) in [4.78, 5) is 25.7. The molecule has 0 radical (unpaired) electrons. The molecular formula is C21H28N2O5. The van der Waals surface area contributed by atoms with Crippen LogP contribution in [0.4, 0.5) is 0 Å². The van der Waals surface area contributed by atoms with Gasteiger partial charge in [-0.15, -0.1) is 0 Å². The smallest absolute Gasteiger partial charge is 0.264 e. The Morgan fingerprint density at radius 2 is 1.93 bits per heavy atom. The van der Waals surface area contributed by atoms with E-state index in [1.54, 1.807) is 6.07 Å². The first-order valence-corrected chi connectivity index (χ1v) is 10.2. The Balaban J connectivity index is 1.41. The van der Waals surface area contributed by atoms with E-state index >= 15 is 0 Å². The second kappa shape index (κ2) is 7.99. The van der Waals surface area contributed by atoms with Crippen molar-refractivity contribution in [3.63, 3.8) is 0 Å². The molecule has 2 saturated carbocycles. The number of rotatable bonds is 6. The van der Waals surface area contributed by atoms with E-state index in [0.29, 0.717) is 29.8 Å². The minimum atomic E-state index is -0.717. The third-order valence-electron chi connectivity index (χ3n) is 6.28. The van der Waals surface area contributed by atoms with Crippen LogP contribution >= 0.6 is 0 Å². The molecule has 0 spiro atoms. The van der Waals surface area contributed by atoms with E-state index in [4.69, 9.17) is 14.6 Å². The van der Waals surface area contributed by atoms with Crippen LogP contribution in [0.15, 0.2) is 24.3 Å². The summed E-state index contributed by atoms with van der Waals surface area (Å²) in [6, 6.07) is 7.04. The van der Waals surface area contributed by atoms with Crippen molar-refractivity contribution in [3.8, 4) is 11.5 Å². The van der Waals surface area contributed by atoms with Gasteiger partial charge in [-0.2, -0.15) is 0 Å². The van der Waals surface area contributed by atoms with Crippen molar-refractivity contribution in [3.05, 3.63) is 24.3 Å². The van der Waals surface area contributed by atoms with Gasteiger partial charge in [0.1, 0.15) is 6.61 Å². The predicted molar refractivity (Wildman–Crippen MR) is 102 cm³/mol. The Hall–Kier alpha value is -2.28. The normalized spacial score (nSPS) is 31.3. The van der Waals surface area contributed by atoms with Gasteiger partial charge in [0.2, 0.25) is 12.0 Å². The topological polar surface area (TPSA) is 96.9 Å². The first kappa shape index (κ1) is 19.1. The second-order valence-corrected chi connectivity index (χ2v) is 8.18. The number of ether oxygens (including phenoxy) is 2. The van der Waals surface area contributed by atoms with Crippen molar-refractivity contribution in [1.82, 2.24) is 10.6 Å². The molecule has 0 saturated heterocycles. The quantitative estimate of drug-likeness (QED) is 0.681. The van der Waals surface area contributed by atoms with Crippen LogP contribution < -0.4 is 20.1 Å². The summed E-state index contributed by atoms with van der Waals surface area (Å²) < 4.78 is 11.5. The number of aliphatic hydroxyl groups is 1. The Morgan fingerprint density at radius 3 is 2.71 bits per heavy atom. The largest absolute Gasteiger partial charge is 0.485 e. The number of amides is 2. The lowest BCUT2D eigenvalue weighted by molar-refractivity contribution is -0.133. The van der Waals surface area contributed by atoms with Crippen LogP contribution in [0, 0.1) is 17.8 Å². The molecule has 1 heterocycles. The van der Waals surface area contributed by atoms with Gasteiger partial charge in [-0.25, -0.2) is 0 Å². The van der Waals surface area contributed by atoms with E-state index in [1.165, 1.54) is 0 Å². The third-order valence-corrected chi connectivity index (χ3v) is 6.28. The second-order valence-electron chi connectivity index (χ2n) is 8.18. The standard InChI is InChI=1S/C21H28N2O5/c1-12(8-9-24)22-21(26)18-13-6-7-14(10-13)19(18)23-20(25)17-11-27-15-4-2-3-5-16(15)28-17/h2-5,12-14,17-19,24H,6-11H2,1H3,(H,22,26)(H,23,25)/t12?,13-,14+,17?,18+,19-/m1/s1. The third kappa shape index (κ3) is 3.68. The van der Waals surface area contributed by atoms with Crippen molar-refractivity contribution in [2.75, 3.05) is 13.2 Å². The molecule has 0 aromatic heterocycles. The van der Waals surface area contributed by atoms with Crippen LogP contribution in [-0.4, -0.2) is 48.3 Å². The monoisotopic (exact) mass is 388 g/mol. The molecular weight excluding hydrogens is 360 g/mol. The molecule has 3 N–H and O–H groups in total. The van der Waals surface area contributed by atoms with Gasteiger partial charge in [-0.1, -0.05) is 12.1 Å². The summed E-state index contributed by atoms with van der Waals surface area (Å²) in [5.41, 5.74) is 0. The van der Waals surface area contributed by atoms with Gasteiger partial charge in [0.15, 0.2) is 11.5 Å². The van der Waals surface area contributed by atoms with Crippen molar-refractivity contribution >= 4 is 11.8 Å². The molecule has 1 aromatic rings. The predicted octanol–water partition coefficient (Wildman–Crippen LogP) is 1.24. The highest BCUT2D eigenvalue weighted by atomic mass is 16.6. The number of carbonyl (C=O) groups excluding carboxylic acids is 2. The molecule has 1 aromatic carbocycles. The number of hydrogen-bond donors (Lipinski definition) is 3. The van der Waals surface area contributed by atoms with E-state index in [9.17, 15) is 9.59 Å². The van der Waals surface area contributed by atoms with E-state index in [-0.39, 0.29) is 43.0 Å². The Kier molecular flexibility index (Phi) is 5.44. The summed E-state index contributed by atoms with van der Waals surface area (Å²) in [5.74, 6) is 1.37. The van der Waals surface area contributed by atoms with Crippen LogP contribution in [0.2, 0.25) is 0 Å². The van der Waals surface area contributed by atoms with Gasteiger partial charge >= 0.3 is 0 Å². The highest BCUT2D eigenvalue weighted by Crippen LogP contribution is 2.48. The van der Waals surface area contributed by atoms with Gasteiger partial charge in [0.25, 0.3) is 5.91 Å². The lowest BCUT2D eigenvalue weighted by Gasteiger charge is -2.33. The summed E-state index contributed by atoms with van der Waals surface area (Å²) in [6.07, 6.45) is 2.85. The van der Waals surface area contributed by atoms with Crippen molar-refractivity contribution in [2.45, 2.75) is 50.8 Å². The highest BCUT2D eigenvalue weighted by molar-refractivity contribution is 5.85. The molecule has 4 rings (SSSR count). The maximum atomic E-state index is 12.9. The summed E-state index contributed by atoms with van der Waals surface area (Å²) >= 11 is 0. The number of hydrogen-bond acceptors (Lipinski definition) is 5. The van der Waals surface area contributed by atoms with Crippen LogP contribution in [0.1, 0.15) is 32.6 Å². The van der Waals surface area contributed by atoms with Gasteiger partial charge in [0.05, 0.1) is 5.92 Å². The summed E-state index contributed by atoms with van der Waals surface area (Å²) in [5, 5.41) is 15.2. The molecule has 7 nitrogen and oxygen atoms in total. The summed E-state index contributed by atoms with van der Waals surface area (Å²) in [7, 11) is 0. The van der Waals surface area contributed by atoms with Gasteiger partial charge in [-0.3, -0.25) is 9.59 Å². The van der Waals surface area contributed by atoms with Gasteiger partial charge in [-0.05, 0) is 56.6 Å². The number of para-hydroxylation sites is 2. The lowest BCUT2D eigenvalue weighted by atomic mass is 9.83. The zero-order chi connectivity index (χ0) is 19.7. The first-order valence-electron chi connectivity index (χ1n) is 10.2. The maximum Gasteiger partial charge on any atom is 0.264 e. The number of fused-ring (bicyclic) bond motifs is 3. The number of carbonyl (C=O) groups is 2. The molecule has 3 aliphatic rings. The zero-order valence-electron chi connectivity index (χ0n) is 16.1. The minimum Gasteiger partial charge on any atom is -0.485 e. The van der Waals surface area contributed by atoms with E-state index in [1.807, 2.05) is 25.1 Å². The Bertz CT molecular complexity index is 739. The fourth-order valence-electron chi connectivity index (χ4n) is 4.89. The van der Waals surface area contributed by atoms with Gasteiger partial charge in [0, 0.05) is 18.7 Å². The SMILES string of the molecule is CC(CCO)NC(=O)[C@H]1[C@@H]2CC[C@@H](C2)[C@H]1NC(=O)C1COc2ccccc2O1. The van der Waals surface area contributed by atoms with Crippen molar-refractivity contribution < 1.29 is 24.2 Å². The molecule has 7 heteroatoms. The molecule has 28 heavy (non-hydrogen) atoms. The average Bonchev–Trinajstić information content (AvgIpc) is 3.29. The molecule has 152 valence electrons. The van der Waals surface area contributed by atoms with Crippen LogP contribution in [0.3, 0.4) is 0 Å². The first-order chi connectivity index (χ1) is 13.6. The fourth-order valence-corrected chi connectivity index (χ4v) is 4.89. The Labute approximate surface area is 164 Å². The highest BCUT2D eigenvalue weighted by Gasteiger charge is 2.52. The van der Waals surface area contributed by atoms with E-state index in [0.717, 1.165) is 19.3 Å². The molecule has 2 unspecified atom stereocenters. The van der Waals surface area contributed by atoms with Crippen molar-refractivity contribution in [1.29, 1.82) is 0 Å². The number of benzene rings is 1. The number of nitrogens with one attached hydrogen (secondary N) is 2. The molecule has 2 amide bonds. The maximum absolute atomic E-state index is 12.9. The molecule has 6 atom stereocenters. The van der Waals surface area contributed by atoms with Crippen LogP contribution in [-0.2, 0) is 9.59 Å². The van der Waals surface area contributed by atoms with E-state index in [2.05, 4.69) is 10.6 Å². The Morgan fingerprint density at radius 1 is 1.18 bits per heavy atom. The van der Waals surface area contributed by atoms with Crippen LogP contribution in [0.5, 0.6) is 11.5 Å². The van der Waals surface area contributed by atoms with E-state index < -0.39 is 6.10 Å². The van der Waals surface area contributed by atoms with Crippen molar-refractivity contribution in [2.24, 2.45) is 17.8 Å². The molecule has 2 fully saturated rings. The van der Waals surface area contributed by atoms with Gasteiger partial charge < -0.3 is 25.2 Å². The average molecular weight is 388 g/mol. The van der Waals surface area contributed by atoms with Crippen LogP contribution in [0.25, 0.3) is 0 Å². The molecule has 1 aliphatic heterocycles.